The van der Waals surface area contributed by atoms with Crippen LogP contribution in [0.15, 0.2) is 42.5 Å². The summed E-state index contributed by atoms with van der Waals surface area (Å²) in [6.45, 7) is 0.762. The summed E-state index contributed by atoms with van der Waals surface area (Å²) < 4.78 is 10.9. The van der Waals surface area contributed by atoms with Crippen molar-refractivity contribution in [1.82, 2.24) is 5.32 Å². The third-order valence-corrected chi connectivity index (χ3v) is 4.74. The first-order chi connectivity index (χ1) is 11.8. The normalized spacial score (nSPS) is 19.4. The van der Waals surface area contributed by atoms with E-state index in [0.29, 0.717) is 0 Å². The van der Waals surface area contributed by atoms with Gasteiger partial charge in [-0.15, -0.1) is 0 Å². The van der Waals surface area contributed by atoms with Gasteiger partial charge in [-0.1, -0.05) is 36.4 Å². The number of nitrogens with one attached hydrogen (secondary N) is 1. The van der Waals surface area contributed by atoms with Crippen LogP contribution < -0.4 is 14.8 Å². The lowest BCUT2D eigenvalue weighted by Crippen LogP contribution is -2.38. The molecule has 1 aliphatic rings. The summed E-state index contributed by atoms with van der Waals surface area (Å²) in [5, 5.41) is 3.54. The molecule has 0 aromatic heterocycles. The van der Waals surface area contributed by atoms with Crippen molar-refractivity contribution in [2.75, 3.05) is 14.2 Å². The van der Waals surface area contributed by atoms with Crippen molar-refractivity contribution in [1.29, 1.82) is 0 Å². The predicted molar refractivity (Wildman–Crippen MR) is 93.7 cm³/mol. The van der Waals surface area contributed by atoms with Crippen LogP contribution in [-0.2, 0) is 17.8 Å². The third-order valence-electron chi connectivity index (χ3n) is 4.74. The summed E-state index contributed by atoms with van der Waals surface area (Å²) in [6.07, 6.45) is 2.81. The molecule has 0 radical (unpaired) electrons. The number of hydrogen-bond donors (Lipinski definition) is 1. The van der Waals surface area contributed by atoms with Gasteiger partial charge in [-0.3, -0.25) is 0 Å². The molecular formula is C20H23NO3. The number of carbonyl (C=O) groups excluding carboxylic acids is 1. The topological polar surface area (TPSA) is 47.6 Å². The van der Waals surface area contributed by atoms with Crippen LogP contribution in [0.4, 0.5) is 0 Å². The Morgan fingerprint density at radius 3 is 2.58 bits per heavy atom. The van der Waals surface area contributed by atoms with Gasteiger partial charge in [-0.2, -0.15) is 0 Å². The van der Waals surface area contributed by atoms with E-state index in [0.717, 1.165) is 48.3 Å². The predicted octanol–water partition coefficient (Wildman–Crippen LogP) is 3.09. The molecule has 2 aromatic rings. The standard InChI is InChI=1S/C20H23NO3/c1-23-19-11-9-15-16(20(19)24-2)8-10-18(17(15)13-22)21-12-14-6-4-3-5-7-14/h3-7,9,11,13,17-18,21H,8,10,12H2,1-2H3/t17-,18?/m0/s1. The summed E-state index contributed by atoms with van der Waals surface area (Å²) in [7, 11) is 3.28. The van der Waals surface area contributed by atoms with Gasteiger partial charge in [0, 0.05) is 18.2 Å². The Labute approximate surface area is 142 Å². The third kappa shape index (κ3) is 3.15. The van der Waals surface area contributed by atoms with Gasteiger partial charge in [0.1, 0.15) is 6.29 Å². The maximum Gasteiger partial charge on any atom is 0.164 e. The van der Waals surface area contributed by atoms with Crippen LogP contribution in [-0.4, -0.2) is 26.5 Å². The molecule has 4 nitrogen and oxygen atoms in total. The molecule has 0 bridgehead atoms. The molecule has 0 spiro atoms. The minimum atomic E-state index is -0.169. The molecule has 24 heavy (non-hydrogen) atoms. The van der Waals surface area contributed by atoms with Crippen molar-refractivity contribution in [2.45, 2.75) is 31.3 Å². The second-order valence-electron chi connectivity index (χ2n) is 6.04. The minimum absolute atomic E-state index is 0.133. The van der Waals surface area contributed by atoms with Crippen LogP contribution in [0.2, 0.25) is 0 Å². The Kier molecular flexibility index (Phi) is 5.16. The maximum atomic E-state index is 11.8. The molecule has 0 fully saturated rings. The van der Waals surface area contributed by atoms with E-state index in [1.165, 1.54) is 5.56 Å². The summed E-state index contributed by atoms with van der Waals surface area (Å²) in [5.74, 6) is 1.30. The van der Waals surface area contributed by atoms with Gasteiger partial charge in [-0.05, 0) is 30.0 Å². The molecule has 2 atom stereocenters. The Balaban J connectivity index is 1.83. The van der Waals surface area contributed by atoms with E-state index in [1.807, 2.05) is 30.3 Å². The van der Waals surface area contributed by atoms with Gasteiger partial charge < -0.3 is 19.6 Å². The first-order valence-electron chi connectivity index (χ1n) is 8.24. The van der Waals surface area contributed by atoms with E-state index in [4.69, 9.17) is 9.47 Å². The lowest BCUT2D eigenvalue weighted by Gasteiger charge is -2.32. The molecule has 0 heterocycles. The summed E-state index contributed by atoms with van der Waals surface area (Å²) >= 11 is 0. The van der Waals surface area contributed by atoms with Gasteiger partial charge in [0.05, 0.1) is 20.1 Å². The van der Waals surface area contributed by atoms with Crippen LogP contribution in [0.25, 0.3) is 0 Å². The quantitative estimate of drug-likeness (QED) is 0.829. The Morgan fingerprint density at radius 1 is 1.12 bits per heavy atom. The molecule has 0 aliphatic heterocycles. The van der Waals surface area contributed by atoms with Crippen molar-refractivity contribution in [3.8, 4) is 11.5 Å². The van der Waals surface area contributed by atoms with E-state index in [2.05, 4.69) is 17.4 Å². The van der Waals surface area contributed by atoms with Gasteiger partial charge in [0.25, 0.3) is 0 Å². The average molecular weight is 325 g/mol. The molecular weight excluding hydrogens is 302 g/mol. The van der Waals surface area contributed by atoms with Crippen molar-refractivity contribution in [3.63, 3.8) is 0 Å². The molecule has 4 heteroatoms. The van der Waals surface area contributed by atoms with Gasteiger partial charge in [0.2, 0.25) is 0 Å². The molecule has 0 saturated carbocycles. The molecule has 1 unspecified atom stereocenters. The number of methoxy groups -OCH3 is 2. The van der Waals surface area contributed by atoms with Crippen molar-refractivity contribution in [3.05, 3.63) is 59.2 Å². The molecule has 2 aromatic carbocycles. The van der Waals surface area contributed by atoms with E-state index in [-0.39, 0.29) is 12.0 Å². The van der Waals surface area contributed by atoms with Crippen molar-refractivity contribution >= 4 is 6.29 Å². The molecule has 126 valence electrons. The second-order valence-corrected chi connectivity index (χ2v) is 6.04. The number of carbonyl (C=O) groups is 1. The zero-order valence-corrected chi connectivity index (χ0v) is 14.1. The fourth-order valence-electron chi connectivity index (χ4n) is 3.51. The highest BCUT2D eigenvalue weighted by Gasteiger charge is 2.31. The van der Waals surface area contributed by atoms with Crippen LogP contribution in [0.3, 0.4) is 0 Å². The summed E-state index contributed by atoms with van der Waals surface area (Å²) in [4.78, 5) is 11.8. The van der Waals surface area contributed by atoms with Gasteiger partial charge in [0.15, 0.2) is 11.5 Å². The Hall–Kier alpha value is -2.33. The minimum Gasteiger partial charge on any atom is -0.493 e. The van der Waals surface area contributed by atoms with Crippen molar-refractivity contribution < 1.29 is 14.3 Å². The lowest BCUT2D eigenvalue weighted by atomic mass is 9.79. The highest BCUT2D eigenvalue weighted by Crippen LogP contribution is 2.41. The summed E-state index contributed by atoms with van der Waals surface area (Å²) in [5.41, 5.74) is 3.35. The van der Waals surface area contributed by atoms with E-state index >= 15 is 0 Å². The van der Waals surface area contributed by atoms with E-state index < -0.39 is 0 Å². The summed E-state index contributed by atoms with van der Waals surface area (Å²) in [6, 6.07) is 14.3. The van der Waals surface area contributed by atoms with E-state index in [9.17, 15) is 4.79 Å². The highest BCUT2D eigenvalue weighted by molar-refractivity contribution is 5.68. The molecule has 0 saturated heterocycles. The molecule has 3 rings (SSSR count). The van der Waals surface area contributed by atoms with Gasteiger partial charge in [-0.25, -0.2) is 0 Å². The van der Waals surface area contributed by atoms with Gasteiger partial charge >= 0.3 is 0 Å². The smallest absolute Gasteiger partial charge is 0.164 e. The highest BCUT2D eigenvalue weighted by atomic mass is 16.5. The number of hydrogen-bond acceptors (Lipinski definition) is 4. The second kappa shape index (κ2) is 7.49. The van der Waals surface area contributed by atoms with Crippen molar-refractivity contribution in [2.24, 2.45) is 0 Å². The number of rotatable bonds is 6. The monoisotopic (exact) mass is 325 g/mol. The Bertz CT molecular complexity index is 700. The lowest BCUT2D eigenvalue weighted by molar-refractivity contribution is -0.109. The Morgan fingerprint density at radius 2 is 1.92 bits per heavy atom. The largest absolute Gasteiger partial charge is 0.493 e. The van der Waals surface area contributed by atoms with E-state index in [1.54, 1.807) is 14.2 Å². The number of benzene rings is 2. The fraction of sp³-hybridized carbons (Fsp3) is 0.350. The zero-order valence-electron chi connectivity index (χ0n) is 14.1. The van der Waals surface area contributed by atoms with Crippen LogP contribution in [0, 0.1) is 0 Å². The average Bonchev–Trinajstić information content (AvgIpc) is 2.65. The first-order valence-corrected chi connectivity index (χ1v) is 8.24. The van der Waals surface area contributed by atoms with Crippen LogP contribution in [0.5, 0.6) is 11.5 Å². The molecule has 0 amide bonds. The molecule has 1 N–H and O–H groups in total. The van der Waals surface area contributed by atoms with Crippen LogP contribution in [0.1, 0.15) is 29.0 Å². The molecule has 1 aliphatic carbocycles. The zero-order chi connectivity index (χ0) is 16.9. The first kappa shape index (κ1) is 16.5. The number of fused-ring (bicyclic) bond motifs is 1. The number of aldehydes is 1. The SMILES string of the molecule is COc1ccc2c(c1OC)CCC(NCc1ccccc1)[C@H]2C=O. The number of ether oxygens (including phenoxy) is 2. The maximum absolute atomic E-state index is 11.8. The fourth-order valence-corrected chi connectivity index (χ4v) is 3.51. The van der Waals surface area contributed by atoms with Crippen LogP contribution >= 0.6 is 0 Å².